The smallest absolute Gasteiger partial charge is 0.254 e. The Kier molecular flexibility index (Phi) is 7.15. The highest BCUT2D eigenvalue weighted by Crippen LogP contribution is 2.26. The molecule has 0 spiro atoms. The number of carbonyl (C=O) groups is 1. The molecule has 2 aromatic carbocycles. The number of thioether (sulfide) groups is 1. The van der Waals surface area contributed by atoms with E-state index < -0.39 is 0 Å². The number of ether oxygens (including phenoxy) is 1. The molecule has 2 aromatic rings. The maximum Gasteiger partial charge on any atom is 0.254 e. The molecule has 1 saturated heterocycles. The highest BCUT2D eigenvalue weighted by molar-refractivity contribution is 7.99. The topological polar surface area (TPSA) is 29.5 Å². The molecule has 1 heterocycles. The van der Waals surface area contributed by atoms with Gasteiger partial charge in [-0.1, -0.05) is 49.4 Å². The third-order valence-corrected chi connectivity index (χ3v) is 5.74. The molecular weight excluding hydrogens is 342 g/mol. The van der Waals surface area contributed by atoms with E-state index >= 15 is 0 Å². The molecule has 3 nitrogen and oxygen atoms in total. The van der Waals surface area contributed by atoms with Crippen LogP contribution in [0.2, 0.25) is 0 Å². The molecule has 0 saturated carbocycles. The Morgan fingerprint density at radius 2 is 1.77 bits per heavy atom. The first kappa shape index (κ1) is 19.0. The maximum atomic E-state index is 12.9. The van der Waals surface area contributed by atoms with Crippen LogP contribution in [0.15, 0.2) is 59.5 Å². The van der Waals surface area contributed by atoms with Gasteiger partial charge in [-0.15, -0.1) is 11.8 Å². The summed E-state index contributed by atoms with van der Waals surface area (Å²) in [6.07, 6.45) is 2.03. The van der Waals surface area contributed by atoms with Crippen LogP contribution < -0.4 is 0 Å². The van der Waals surface area contributed by atoms with Gasteiger partial charge < -0.3 is 9.64 Å². The van der Waals surface area contributed by atoms with Crippen molar-refractivity contribution in [1.82, 2.24) is 4.90 Å². The van der Waals surface area contributed by atoms with Crippen LogP contribution in [0.3, 0.4) is 0 Å². The molecule has 0 N–H and O–H groups in total. The van der Waals surface area contributed by atoms with Gasteiger partial charge in [0.15, 0.2) is 0 Å². The van der Waals surface area contributed by atoms with Gasteiger partial charge in [0, 0.05) is 24.6 Å². The van der Waals surface area contributed by atoms with Crippen molar-refractivity contribution in [3.8, 4) is 0 Å². The van der Waals surface area contributed by atoms with Gasteiger partial charge >= 0.3 is 0 Å². The first-order valence-electron chi connectivity index (χ1n) is 9.40. The minimum absolute atomic E-state index is 0.171. The van der Waals surface area contributed by atoms with Gasteiger partial charge in [-0.05, 0) is 42.2 Å². The predicted molar refractivity (Wildman–Crippen MR) is 108 cm³/mol. The number of benzene rings is 2. The summed E-state index contributed by atoms with van der Waals surface area (Å²) in [7, 11) is 0. The SMILES string of the molecule is CCSc1ccccc1C(=O)N1CCC(COCc2ccccc2)CC1. The largest absolute Gasteiger partial charge is 0.376 e. The number of piperidine rings is 1. The highest BCUT2D eigenvalue weighted by Gasteiger charge is 2.25. The lowest BCUT2D eigenvalue weighted by atomic mass is 9.97. The lowest BCUT2D eigenvalue weighted by molar-refractivity contribution is 0.0476. The molecule has 4 heteroatoms. The summed E-state index contributed by atoms with van der Waals surface area (Å²) in [5.74, 6) is 1.69. The third-order valence-electron chi connectivity index (χ3n) is 4.78. The van der Waals surface area contributed by atoms with E-state index in [0.29, 0.717) is 12.5 Å². The molecular formula is C22H27NO2S. The Morgan fingerprint density at radius 1 is 1.08 bits per heavy atom. The zero-order valence-corrected chi connectivity index (χ0v) is 16.2. The molecule has 0 radical (unpaired) electrons. The first-order valence-corrected chi connectivity index (χ1v) is 10.4. The van der Waals surface area contributed by atoms with Gasteiger partial charge in [-0.25, -0.2) is 0 Å². The van der Waals surface area contributed by atoms with Gasteiger partial charge in [0.2, 0.25) is 0 Å². The summed E-state index contributed by atoms with van der Waals surface area (Å²) in [5.41, 5.74) is 2.06. The van der Waals surface area contributed by atoms with Gasteiger partial charge in [0.25, 0.3) is 5.91 Å². The summed E-state index contributed by atoms with van der Waals surface area (Å²) >= 11 is 1.74. The van der Waals surface area contributed by atoms with Crippen LogP contribution in [0.5, 0.6) is 0 Å². The van der Waals surface area contributed by atoms with Crippen molar-refractivity contribution in [3.63, 3.8) is 0 Å². The summed E-state index contributed by atoms with van der Waals surface area (Å²) in [4.78, 5) is 16.0. The standard InChI is InChI=1S/C22H27NO2S/c1-2-26-21-11-7-6-10-20(21)22(24)23-14-12-19(13-15-23)17-25-16-18-8-4-3-5-9-18/h3-11,19H,2,12-17H2,1H3. The molecule has 1 amide bonds. The van der Waals surface area contributed by atoms with Crippen LogP contribution in [0.1, 0.15) is 35.7 Å². The molecule has 26 heavy (non-hydrogen) atoms. The monoisotopic (exact) mass is 369 g/mol. The number of nitrogens with zero attached hydrogens (tertiary/aromatic N) is 1. The first-order chi connectivity index (χ1) is 12.8. The summed E-state index contributed by atoms with van der Waals surface area (Å²) < 4.78 is 5.88. The molecule has 1 aliphatic rings. The Morgan fingerprint density at radius 3 is 2.50 bits per heavy atom. The average molecular weight is 370 g/mol. The van der Waals surface area contributed by atoms with E-state index in [2.05, 4.69) is 19.1 Å². The van der Waals surface area contributed by atoms with Crippen molar-refractivity contribution < 1.29 is 9.53 Å². The van der Waals surface area contributed by atoms with Gasteiger partial charge in [-0.2, -0.15) is 0 Å². The average Bonchev–Trinajstić information content (AvgIpc) is 2.70. The molecule has 1 fully saturated rings. The second kappa shape index (κ2) is 9.79. The predicted octanol–water partition coefficient (Wildman–Crippen LogP) is 4.87. The summed E-state index contributed by atoms with van der Waals surface area (Å²) in [6.45, 7) is 5.21. The fourth-order valence-corrected chi connectivity index (χ4v) is 4.11. The Hall–Kier alpha value is -1.78. The minimum Gasteiger partial charge on any atom is -0.376 e. The van der Waals surface area contributed by atoms with Gasteiger partial charge in [0.05, 0.1) is 12.2 Å². The third kappa shape index (κ3) is 5.12. The number of rotatable bonds is 7. The van der Waals surface area contributed by atoms with Crippen molar-refractivity contribution in [1.29, 1.82) is 0 Å². The number of amides is 1. The summed E-state index contributed by atoms with van der Waals surface area (Å²) in [6, 6.07) is 18.2. The maximum absolute atomic E-state index is 12.9. The van der Waals surface area contributed by atoms with E-state index in [4.69, 9.17) is 4.74 Å². The van der Waals surface area contributed by atoms with Crippen molar-refractivity contribution >= 4 is 17.7 Å². The van der Waals surface area contributed by atoms with Gasteiger partial charge in [0.1, 0.15) is 0 Å². The zero-order valence-electron chi connectivity index (χ0n) is 15.4. The number of carbonyl (C=O) groups excluding carboxylic acids is 1. The van der Waals surface area contributed by atoms with E-state index in [1.54, 1.807) is 11.8 Å². The van der Waals surface area contributed by atoms with Crippen LogP contribution in [0.25, 0.3) is 0 Å². The van der Waals surface area contributed by atoms with E-state index in [-0.39, 0.29) is 5.91 Å². The van der Waals surface area contributed by atoms with Crippen LogP contribution >= 0.6 is 11.8 Å². The second-order valence-corrected chi connectivity index (χ2v) is 7.97. The van der Waals surface area contributed by atoms with E-state index in [0.717, 1.165) is 48.7 Å². The Balaban J connectivity index is 1.47. The lowest BCUT2D eigenvalue weighted by Gasteiger charge is -2.32. The molecule has 3 rings (SSSR count). The fraction of sp³-hybridized carbons (Fsp3) is 0.409. The molecule has 0 aliphatic carbocycles. The van der Waals surface area contributed by atoms with Crippen LogP contribution in [0.4, 0.5) is 0 Å². The summed E-state index contributed by atoms with van der Waals surface area (Å²) in [5, 5.41) is 0. The van der Waals surface area contributed by atoms with Crippen LogP contribution in [-0.2, 0) is 11.3 Å². The lowest BCUT2D eigenvalue weighted by Crippen LogP contribution is -2.39. The van der Waals surface area contributed by atoms with Crippen molar-refractivity contribution in [2.75, 3.05) is 25.4 Å². The molecule has 0 aromatic heterocycles. The Labute approximate surface area is 160 Å². The number of hydrogen-bond acceptors (Lipinski definition) is 3. The minimum atomic E-state index is 0.171. The van der Waals surface area contributed by atoms with Crippen molar-refractivity contribution in [2.45, 2.75) is 31.3 Å². The van der Waals surface area contributed by atoms with Crippen LogP contribution in [-0.4, -0.2) is 36.3 Å². The van der Waals surface area contributed by atoms with E-state index in [1.165, 1.54) is 5.56 Å². The van der Waals surface area contributed by atoms with Crippen LogP contribution in [0, 0.1) is 5.92 Å². The zero-order chi connectivity index (χ0) is 18.2. The quantitative estimate of drug-likeness (QED) is 0.652. The Bertz CT molecular complexity index is 696. The molecule has 138 valence electrons. The normalized spacial score (nSPS) is 15.2. The molecule has 0 unspecified atom stereocenters. The molecule has 1 aliphatic heterocycles. The van der Waals surface area contributed by atoms with E-state index in [1.807, 2.05) is 47.4 Å². The second-order valence-electron chi connectivity index (χ2n) is 6.67. The number of likely N-dealkylation sites (tertiary alicyclic amines) is 1. The van der Waals surface area contributed by atoms with Crippen molar-refractivity contribution in [3.05, 3.63) is 65.7 Å². The van der Waals surface area contributed by atoms with Gasteiger partial charge in [-0.3, -0.25) is 4.79 Å². The van der Waals surface area contributed by atoms with E-state index in [9.17, 15) is 4.79 Å². The fourth-order valence-electron chi connectivity index (χ4n) is 3.32. The molecule has 0 bridgehead atoms. The molecule has 0 atom stereocenters. The number of hydrogen-bond donors (Lipinski definition) is 0. The van der Waals surface area contributed by atoms with Crippen molar-refractivity contribution in [2.24, 2.45) is 5.92 Å². The highest BCUT2D eigenvalue weighted by atomic mass is 32.2.